The maximum absolute atomic E-state index is 13.9. The quantitative estimate of drug-likeness (QED) is 0.898. The number of nitrogens with zero attached hydrogens (tertiary/aromatic N) is 1. The Morgan fingerprint density at radius 3 is 2.80 bits per heavy atom. The summed E-state index contributed by atoms with van der Waals surface area (Å²) in [6.45, 7) is 4.84. The highest BCUT2D eigenvalue weighted by atomic mass is 35.5. The van der Waals surface area contributed by atoms with Crippen LogP contribution in [-0.4, -0.2) is 11.5 Å². The molecule has 20 heavy (non-hydrogen) atoms. The predicted octanol–water partition coefficient (Wildman–Crippen LogP) is 4.08. The summed E-state index contributed by atoms with van der Waals surface area (Å²) in [6.07, 6.45) is 4.18. The molecule has 0 aliphatic carbocycles. The number of pyridine rings is 1. The molecule has 1 aromatic carbocycles. The molecule has 0 saturated heterocycles. The van der Waals surface area contributed by atoms with Gasteiger partial charge in [0.1, 0.15) is 5.82 Å². The van der Waals surface area contributed by atoms with Gasteiger partial charge in [-0.05, 0) is 54.8 Å². The van der Waals surface area contributed by atoms with Gasteiger partial charge in [0.2, 0.25) is 0 Å². The average molecular weight is 293 g/mol. The molecule has 4 heteroatoms. The van der Waals surface area contributed by atoms with Crippen LogP contribution in [0, 0.1) is 12.7 Å². The number of hydrogen-bond acceptors (Lipinski definition) is 2. The van der Waals surface area contributed by atoms with Crippen LogP contribution in [0.1, 0.15) is 29.7 Å². The Labute approximate surface area is 124 Å². The standard InChI is InChI=1S/C16H18ClFN2/c1-3-20-16(13-6-11(2)9-19-10-13)8-12-7-14(17)4-5-15(12)18/h4-7,9-10,16,20H,3,8H2,1-2H3. The van der Waals surface area contributed by atoms with Crippen molar-refractivity contribution in [3.8, 4) is 0 Å². The van der Waals surface area contributed by atoms with Crippen LogP contribution in [0.2, 0.25) is 5.02 Å². The summed E-state index contributed by atoms with van der Waals surface area (Å²) in [7, 11) is 0. The monoisotopic (exact) mass is 292 g/mol. The van der Waals surface area contributed by atoms with Crippen molar-refractivity contribution in [2.45, 2.75) is 26.3 Å². The molecule has 1 N–H and O–H groups in total. The summed E-state index contributed by atoms with van der Waals surface area (Å²) in [5.74, 6) is -0.224. The Bertz CT molecular complexity index is 586. The van der Waals surface area contributed by atoms with Gasteiger partial charge in [-0.15, -0.1) is 0 Å². The second kappa shape index (κ2) is 6.82. The minimum atomic E-state index is -0.224. The maximum Gasteiger partial charge on any atom is 0.126 e. The van der Waals surface area contributed by atoms with Gasteiger partial charge < -0.3 is 5.32 Å². The number of benzene rings is 1. The second-order valence-electron chi connectivity index (χ2n) is 4.85. The number of likely N-dealkylation sites (N-methyl/N-ethyl adjacent to an activating group) is 1. The van der Waals surface area contributed by atoms with E-state index in [1.807, 2.05) is 26.2 Å². The zero-order valence-corrected chi connectivity index (χ0v) is 12.4. The lowest BCUT2D eigenvalue weighted by Crippen LogP contribution is -2.23. The Morgan fingerprint density at radius 1 is 1.30 bits per heavy atom. The number of halogens is 2. The van der Waals surface area contributed by atoms with E-state index in [9.17, 15) is 4.39 Å². The number of aromatic nitrogens is 1. The van der Waals surface area contributed by atoms with E-state index < -0.39 is 0 Å². The van der Waals surface area contributed by atoms with E-state index >= 15 is 0 Å². The molecule has 0 aliphatic rings. The molecule has 0 saturated carbocycles. The van der Waals surface area contributed by atoms with Crippen LogP contribution in [0.5, 0.6) is 0 Å². The van der Waals surface area contributed by atoms with Crippen molar-refractivity contribution in [3.63, 3.8) is 0 Å². The minimum Gasteiger partial charge on any atom is -0.310 e. The highest BCUT2D eigenvalue weighted by Crippen LogP contribution is 2.22. The summed E-state index contributed by atoms with van der Waals surface area (Å²) in [6, 6.07) is 6.76. The third-order valence-corrected chi connectivity index (χ3v) is 3.42. The fraction of sp³-hybridized carbons (Fsp3) is 0.312. The lowest BCUT2D eigenvalue weighted by molar-refractivity contribution is 0.526. The maximum atomic E-state index is 13.9. The molecule has 0 fully saturated rings. The molecule has 0 bridgehead atoms. The van der Waals surface area contributed by atoms with Crippen molar-refractivity contribution >= 4 is 11.6 Å². The molecular weight excluding hydrogens is 275 g/mol. The fourth-order valence-corrected chi connectivity index (χ4v) is 2.44. The van der Waals surface area contributed by atoms with E-state index in [1.54, 1.807) is 12.1 Å². The van der Waals surface area contributed by atoms with Crippen LogP contribution in [0.4, 0.5) is 4.39 Å². The van der Waals surface area contributed by atoms with Gasteiger partial charge in [0.25, 0.3) is 0 Å². The van der Waals surface area contributed by atoms with Crippen LogP contribution in [-0.2, 0) is 6.42 Å². The highest BCUT2D eigenvalue weighted by Gasteiger charge is 2.14. The van der Waals surface area contributed by atoms with Crippen molar-refractivity contribution in [2.24, 2.45) is 0 Å². The summed E-state index contributed by atoms with van der Waals surface area (Å²) in [5, 5.41) is 3.93. The average Bonchev–Trinajstić information content (AvgIpc) is 2.42. The van der Waals surface area contributed by atoms with Crippen LogP contribution >= 0.6 is 11.6 Å². The third-order valence-electron chi connectivity index (χ3n) is 3.18. The van der Waals surface area contributed by atoms with E-state index in [1.165, 1.54) is 6.07 Å². The SMILES string of the molecule is CCNC(Cc1cc(Cl)ccc1F)c1cncc(C)c1. The van der Waals surface area contributed by atoms with Gasteiger partial charge in [-0.2, -0.15) is 0 Å². The molecule has 2 aromatic rings. The lowest BCUT2D eigenvalue weighted by Gasteiger charge is -2.19. The van der Waals surface area contributed by atoms with Gasteiger partial charge in [0.15, 0.2) is 0 Å². The van der Waals surface area contributed by atoms with Gasteiger partial charge in [0, 0.05) is 23.5 Å². The lowest BCUT2D eigenvalue weighted by atomic mass is 9.99. The first-order valence-electron chi connectivity index (χ1n) is 6.69. The summed E-state index contributed by atoms with van der Waals surface area (Å²) in [5.41, 5.74) is 2.77. The number of hydrogen-bond donors (Lipinski definition) is 1. The first-order valence-corrected chi connectivity index (χ1v) is 7.06. The first-order chi connectivity index (χ1) is 9.60. The van der Waals surface area contributed by atoms with Crippen molar-refractivity contribution in [1.29, 1.82) is 0 Å². The van der Waals surface area contributed by atoms with Gasteiger partial charge in [0.05, 0.1) is 0 Å². The molecule has 0 spiro atoms. The highest BCUT2D eigenvalue weighted by molar-refractivity contribution is 6.30. The number of nitrogens with one attached hydrogen (secondary N) is 1. The van der Waals surface area contributed by atoms with Crippen molar-refractivity contribution in [2.75, 3.05) is 6.54 Å². The largest absolute Gasteiger partial charge is 0.310 e. The van der Waals surface area contributed by atoms with Crippen molar-refractivity contribution < 1.29 is 4.39 Å². The molecule has 2 rings (SSSR count). The zero-order valence-electron chi connectivity index (χ0n) is 11.7. The number of rotatable bonds is 5. The van der Waals surface area contributed by atoms with E-state index in [-0.39, 0.29) is 11.9 Å². The van der Waals surface area contributed by atoms with Crippen LogP contribution < -0.4 is 5.32 Å². The summed E-state index contributed by atoms with van der Waals surface area (Å²) < 4.78 is 13.9. The molecule has 1 unspecified atom stereocenters. The molecule has 0 radical (unpaired) electrons. The Morgan fingerprint density at radius 2 is 2.10 bits per heavy atom. The molecule has 0 amide bonds. The van der Waals surface area contributed by atoms with Crippen molar-refractivity contribution in [3.05, 3.63) is 64.2 Å². The first kappa shape index (κ1) is 14.9. The van der Waals surface area contributed by atoms with Crippen molar-refractivity contribution in [1.82, 2.24) is 10.3 Å². The summed E-state index contributed by atoms with van der Waals surface area (Å²) >= 11 is 5.95. The van der Waals surface area contributed by atoms with Crippen LogP contribution in [0.25, 0.3) is 0 Å². The van der Waals surface area contributed by atoms with E-state index in [0.29, 0.717) is 17.0 Å². The zero-order chi connectivity index (χ0) is 14.5. The minimum absolute atomic E-state index is 0.0281. The molecule has 1 aromatic heterocycles. The smallest absolute Gasteiger partial charge is 0.126 e. The van der Waals surface area contributed by atoms with E-state index in [2.05, 4.69) is 16.4 Å². The van der Waals surface area contributed by atoms with Gasteiger partial charge >= 0.3 is 0 Å². The Hall–Kier alpha value is -1.45. The van der Waals surface area contributed by atoms with E-state index in [4.69, 9.17) is 11.6 Å². The Balaban J connectivity index is 2.27. The molecular formula is C16H18ClFN2. The van der Waals surface area contributed by atoms with Gasteiger partial charge in [-0.3, -0.25) is 4.98 Å². The van der Waals surface area contributed by atoms with Crippen LogP contribution in [0.15, 0.2) is 36.7 Å². The molecule has 0 aliphatic heterocycles. The predicted molar refractivity (Wildman–Crippen MR) is 80.5 cm³/mol. The second-order valence-corrected chi connectivity index (χ2v) is 5.28. The summed E-state index contributed by atoms with van der Waals surface area (Å²) in [4.78, 5) is 4.21. The van der Waals surface area contributed by atoms with Crippen LogP contribution in [0.3, 0.4) is 0 Å². The van der Waals surface area contributed by atoms with E-state index in [0.717, 1.165) is 17.7 Å². The Kier molecular flexibility index (Phi) is 5.10. The molecule has 1 atom stereocenters. The molecule has 106 valence electrons. The van der Waals surface area contributed by atoms with Gasteiger partial charge in [-0.25, -0.2) is 4.39 Å². The fourth-order valence-electron chi connectivity index (χ4n) is 2.24. The molecule has 1 heterocycles. The normalized spacial score (nSPS) is 12.4. The number of aryl methyl sites for hydroxylation is 1. The topological polar surface area (TPSA) is 24.9 Å². The third kappa shape index (κ3) is 3.78. The van der Waals surface area contributed by atoms with Gasteiger partial charge in [-0.1, -0.05) is 24.6 Å². The molecule has 2 nitrogen and oxygen atoms in total.